The summed E-state index contributed by atoms with van der Waals surface area (Å²) in [5.74, 6) is 0. The Morgan fingerprint density at radius 3 is 2.40 bits per heavy atom. The highest BCUT2D eigenvalue weighted by Gasteiger charge is 2.12. The van der Waals surface area contributed by atoms with Gasteiger partial charge in [0.25, 0.3) is 5.56 Å². The Kier molecular flexibility index (Phi) is 3.88. The lowest BCUT2D eigenvalue weighted by molar-refractivity contribution is 1.07. The van der Waals surface area contributed by atoms with Crippen LogP contribution < -0.4 is 11.3 Å². The molecule has 0 aliphatic carbocycles. The minimum absolute atomic E-state index is 0.132. The molecule has 0 spiro atoms. The molecule has 0 fully saturated rings. The van der Waals surface area contributed by atoms with Crippen LogP contribution in [0.25, 0.3) is 33.3 Å². The van der Waals surface area contributed by atoms with E-state index in [2.05, 4.69) is 4.98 Å². The van der Waals surface area contributed by atoms with Crippen molar-refractivity contribution in [2.75, 3.05) is 0 Å². The van der Waals surface area contributed by atoms with E-state index in [9.17, 15) is 4.79 Å². The van der Waals surface area contributed by atoms with Crippen molar-refractivity contribution >= 4 is 10.9 Å². The van der Waals surface area contributed by atoms with Crippen molar-refractivity contribution in [1.82, 2.24) is 9.97 Å². The SMILES string of the molecule is NCc1ccc(-c2nc3cc[nH]c(=O)c3cc2-c2ccccc2)cc1. The third kappa shape index (κ3) is 2.84. The van der Waals surface area contributed by atoms with Gasteiger partial charge >= 0.3 is 0 Å². The number of aromatic amines is 1. The molecule has 0 aliphatic rings. The van der Waals surface area contributed by atoms with Crippen LogP contribution in [-0.2, 0) is 6.54 Å². The van der Waals surface area contributed by atoms with Crippen LogP contribution >= 0.6 is 0 Å². The second kappa shape index (κ2) is 6.34. The molecular weight excluding hydrogens is 310 g/mol. The highest BCUT2D eigenvalue weighted by molar-refractivity contribution is 5.91. The predicted octanol–water partition coefficient (Wildman–Crippen LogP) is 3.72. The third-order valence-electron chi connectivity index (χ3n) is 4.30. The van der Waals surface area contributed by atoms with Gasteiger partial charge in [-0.25, -0.2) is 4.98 Å². The van der Waals surface area contributed by atoms with E-state index in [1.54, 1.807) is 6.20 Å². The number of pyridine rings is 2. The van der Waals surface area contributed by atoms with Crippen LogP contribution in [-0.4, -0.2) is 9.97 Å². The van der Waals surface area contributed by atoms with Crippen LogP contribution in [0.3, 0.4) is 0 Å². The Bertz CT molecular complexity index is 1080. The zero-order valence-electron chi connectivity index (χ0n) is 13.6. The number of hydrogen-bond donors (Lipinski definition) is 2. The summed E-state index contributed by atoms with van der Waals surface area (Å²) in [5.41, 5.74) is 11.1. The molecule has 0 saturated carbocycles. The molecule has 2 aromatic carbocycles. The fourth-order valence-electron chi connectivity index (χ4n) is 2.97. The van der Waals surface area contributed by atoms with Crippen LogP contribution in [0.4, 0.5) is 0 Å². The van der Waals surface area contributed by atoms with Gasteiger partial charge in [0.2, 0.25) is 0 Å². The van der Waals surface area contributed by atoms with E-state index in [0.29, 0.717) is 17.4 Å². The number of nitrogens with zero attached hydrogens (tertiary/aromatic N) is 1. The molecule has 4 rings (SSSR count). The first-order chi connectivity index (χ1) is 12.3. The lowest BCUT2D eigenvalue weighted by Crippen LogP contribution is -2.06. The number of hydrogen-bond acceptors (Lipinski definition) is 3. The summed E-state index contributed by atoms with van der Waals surface area (Å²) >= 11 is 0. The summed E-state index contributed by atoms with van der Waals surface area (Å²) < 4.78 is 0. The van der Waals surface area contributed by atoms with Gasteiger partial charge in [0.05, 0.1) is 16.6 Å². The van der Waals surface area contributed by atoms with Crippen molar-refractivity contribution in [3.05, 3.63) is 88.8 Å². The molecular formula is C21H17N3O. The normalized spacial score (nSPS) is 10.9. The van der Waals surface area contributed by atoms with Crippen molar-refractivity contribution in [3.8, 4) is 22.4 Å². The highest BCUT2D eigenvalue weighted by atomic mass is 16.1. The van der Waals surface area contributed by atoms with Crippen LogP contribution in [0.1, 0.15) is 5.56 Å². The number of fused-ring (bicyclic) bond motifs is 1. The zero-order valence-corrected chi connectivity index (χ0v) is 13.6. The van der Waals surface area contributed by atoms with Gasteiger partial charge in [0.1, 0.15) is 0 Å². The first-order valence-corrected chi connectivity index (χ1v) is 8.13. The largest absolute Gasteiger partial charge is 0.328 e. The molecule has 0 radical (unpaired) electrons. The second-order valence-corrected chi connectivity index (χ2v) is 5.89. The lowest BCUT2D eigenvalue weighted by Gasteiger charge is -2.11. The molecule has 2 aromatic heterocycles. The predicted molar refractivity (Wildman–Crippen MR) is 101 cm³/mol. The van der Waals surface area contributed by atoms with E-state index >= 15 is 0 Å². The van der Waals surface area contributed by atoms with E-state index in [1.807, 2.05) is 66.7 Å². The Labute approximate surface area is 145 Å². The van der Waals surface area contributed by atoms with Gasteiger partial charge in [0.15, 0.2) is 0 Å². The average Bonchev–Trinajstić information content (AvgIpc) is 2.68. The molecule has 3 N–H and O–H groups in total. The first-order valence-electron chi connectivity index (χ1n) is 8.13. The van der Waals surface area contributed by atoms with Crippen LogP contribution in [0.2, 0.25) is 0 Å². The van der Waals surface area contributed by atoms with Gasteiger partial charge in [-0.15, -0.1) is 0 Å². The topological polar surface area (TPSA) is 71.8 Å². The first kappa shape index (κ1) is 15.3. The van der Waals surface area contributed by atoms with E-state index in [0.717, 1.165) is 27.9 Å². The minimum atomic E-state index is -0.132. The minimum Gasteiger partial charge on any atom is -0.328 e. The Hall–Kier alpha value is -3.24. The smallest absolute Gasteiger partial charge is 0.257 e. The second-order valence-electron chi connectivity index (χ2n) is 5.89. The summed E-state index contributed by atoms with van der Waals surface area (Å²) in [4.78, 5) is 19.7. The maximum absolute atomic E-state index is 12.2. The van der Waals surface area contributed by atoms with Gasteiger partial charge in [-0.2, -0.15) is 0 Å². The van der Waals surface area contributed by atoms with Crippen LogP contribution in [0.15, 0.2) is 77.7 Å². The van der Waals surface area contributed by atoms with Gasteiger partial charge in [0, 0.05) is 23.9 Å². The maximum Gasteiger partial charge on any atom is 0.257 e. The van der Waals surface area contributed by atoms with E-state index in [4.69, 9.17) is 10.7 Å². The fourth-order valence-corrected chi connectivity index (χ4v) is 2.97. The molecule has 0 bridgehead atoms. The van der Waals surface area contributed by atoms with Crippen molar-refractivity contribution in [1.29, 1.82) is 0 Å². The van der Waals surface area contributed by atoms with Crippen molar-refractivity contribution in [3.63, 3.8) is 0 Å². The molecule has 4 nitrogen and oxygen atoms in total. The molecule has 0 unspecified atom stereocenters. The monoisotopic (exact) mass is 327 g/mol. The van der Waals surface area contributed by atoms with Gasteiger partial charge in [-0.05, 0) is 23.3 Å². The summed E-state index contributed by atoms with van der Waals surface area (Å²) in [6.45, 7) is 0.506. The molecule has 2 heterocycles. The summed E-state index contributed by atoms with van der Waals surface area (Å²) in [5, 5.41) is 0.587. The Morgan fingerprint density at radius 1 is 0.920 bits per heavy atom. The number of aromatic nitrogens is 2. The average molecular weight is 327 g/mol. The van der Waals surface area contributed by atoms with E-state index in [-0.39, 0.29) is 5.56 Å². The van der Waals surface area contributed by atoms with Crippen LogP contribution in [0, 0.1) is 0 Å². The van der Waals surface area contributed by atoms with E-state index in [1.165, 1.54) is 0 Å². The molecule has 4 heteroatoms. The van der Waals surface area contributed by atoms with Crippen molar-refractivity contribution in [2.24, 2.45) is 5.73 Å². The number of nitrogens with one attached hydrogen (secondary N) is 1. The van der Waals surface area contributed by atoms with Crippen LogP contribution in [0.5, 0.6) is 0 Å². The molecule has 0 saturated heterocycles. The molecule has 122 valence electrons. The quantitative estimate of drug-likeness (QED) is 0.602. The van der Waals surface area contributed by atoms with E-state index < -0.39 is 0 Å². The lowest BCUT2D eigenvalue weighted by atomic mass is 9.97. The Balaban J connectivity index is 2.02. The standard InChI is InChI=1S/C21H17N3O/c22-13-14-6-8-16(9-7-14)20-17(15-4-2-1-3-5-15)12-18-19(24-20)10-11-23-21(18)25/h1-12H,13,22H2,(H,23,25). The number of nitrogens with two attached hydrogens (primary N) is 1. The number of H-pyrrole nitrogens is 1. The third-order valence-corrected chi connectivity index (χ3v) is 4.30. The molecule has 0 atom stereocenters. The molecule has 25 heavy (non-hydrogen) atoms. The van der Waals surface area contributed by atoms with Gasteiger partial charge in [-0.1, -0.05) is 54.6 Å². The summed E-state index contributed by atoms with van der Waals surface area (Å²) in [7, 11) is 0. The van der Waals surface area contributed by atoms with Crippen molar-refractivity contribution in [2.45, 2.75) is 6.54 Å². The fraction of sp³-hybridized carbons (Fsp3) is 0.0476. The van der Waals surface area contributed by atoms with Gasteiger partial charge in [-0.3, -0.25) is 4.79 Å². The van der Waals surface area contributed by atoms with Gasteiger partial charge < -0.3 is 10.7 Å². The zero-order chi connectivity index (χ0) is 17.2. The number of benzene rings is 2. The van der Waals surface area contributed by atoms with Crippen molar-refractivity contribution < 1.29 is 0 Å². The molecule has 0 aliphatic heterocycles. The molecule has 0 amide bonds. The Morgan fingerprint density at radius 2 is 1.68 bits per heavy atom. The maximum atomic E-state index is 12.2. The number of rotatable bonds is 3. The molecule has 4 aromatic rings. The summed E-state index contributed by atoms with van der Waals surface area (Å²) in [6, 6.07) is 21.8. The summed E-state index contributed by atoms with van der Waals surface area (Å²) in [6.07, 6.45) is 1.63. The highest BCUT2D eigenvalue weighted by Crippen LogP contribution is 2.32.